The van der Waals surface area contributed by atoms with Gasteiger partial charge in [-0.1, -0.05) is 0 Å². The van der Waals surface area contributed by atoms with Gasteiger partial charge in [-0.3, -0.25) is 9.40 Å². The van der Waals surface area contributed by atoms with Crippen molar-refractivity contribution in [1.82, 2.24) is 14.8 Å². The van der Waals surface area contributed by atoms with Gasteiger partial charge < -0.3 is 0 Å². The minimum atomic E-state index is -3.63. The molecule has 0 aliphatic rings. The first kappa shape index (κ1) is 13.0. The molecule has 0 fully saturated rings. The van der Waals surface area contributed by atoms with Crippen LogP contribution in [0, 0.1) is 6.92 Å². The summed E-state index contributed by atoms with van der Waals surface area (Å²) in [5, 5.41) is 3.83. The molecule has 0 spiro atoms. The number of halogens is 1. The molecule has 2 rings (SSSR count). The molecule has 0 saturated heterocycles. The van der Waals surface area contributed by atoms with Crippen molar-refractivity contribution >= 4 is 31.8 Å². The first-order valence-electron chi connectivity index (χ1n) is 5.03. The molecule has 8 heteroatoms. The summed E-state index contributed by atoms with van der Waals surface area (Å²) in [5.74, 6) is 0.277. The van der Waals surface area contributed by atoms with E-state index in [1.54, 1.807) is 26.1 Å². The second-order valence-electron chi connectivity index (χ2n) is 3.72. The van der Waals surface area contributed by atoms with Gasteiger partial charge in [-0.15, -0.1) is 0 Å². The average Bonchev–Trinajstić information content (AvgIpc) is 2.71. The molecule has 6 nitrogen and oxygen atoms in total. The Morgan fingerprint density at radius 1 is 1.39 bits per heavy atom. The third-order valence-electron chi connectivity index (χ3n) is 2.25. The van der Waals surface area contributed by atoms with Crippen LogP contribution < -0.4 is 4.72 Å². The maximum atomic E-state index is 12.0. The van der Waals surface area contributed by atoms with E-state index in [0.29, 0.717) is 5.69 Å². The zero-order valence-electron chi connectivity index (χ0n) is 9.75. The number of hydrogen-bond donors (Lipinski definition) is 1. The molecule has 2 heterocycles. The van der Waals surface area contributed by atoms with Crippen molar-refractivity contribution in [3.8, 4) is 0 Å². The monoisotopic (exact) mass is 330 g/mol. The summed E-state index contributed by atoms with van der Waals surface area (Å²) >= 11 is 3.30. The van der Waals surface area contributed by atoms with Gasteiger partial charge in [-0.05, 0) is 35.0 Å². The molecule has 1 N–H and O–H groups in total. The van der Waals surface area contributed by atoms with Crippen molar-refractivity contribution in [2.75, 3.05) is 4.72 Å². The highest BCUT2D eigenvalue weighted by atomic mass is 79.9. The molecular weight excluding hydrogens is 320 g/mol. The van der Waals surface area contributed by atoms with Gasteiger partial charge >= 0.3 is 0 Å². The lowest BCUT2D eigenvalue weighted by molar-refractivity contribution is 0.601. The van der Waals surface area contributed by atoms with E-state index < -0.39 is 10.0 Å². The highest BCUT2D eigenvalue weighted by molar-refractivity contribution is 9.10. The number of nitrogens with one attached hydrogen (secondary N) is 1. The largest absolute Gasteiger partial charge is 0.274 e. The highest BCUT2D eigenvalue weighted by Gasteiger charge is 2.16. The Balaban J connectivity index is 2.30. The Hall–Kier alpha value is -1.41. The van der Waals surface area contributed by atoms with Crippen LogP contribution in [0.4, 0.5) is 5.82 Å². The molecule has 0 aliphatic heterocycles. The van der Waals surface area contributed by atoms with Crippen molar-refractivity contribution in [2.24, 2.45) is 7.05 Å². The number of aryl methyl sites for hydroxylation is 2. The van der Waals surface area contributed by atoms with Gasteiger partial charge in [0.25, 0.3) is 10.0 Å². The molecule has 0 aromatic carbocycles. The summed E-state index contributed by atoms with van der Waals surface area (Å²) in [7, 11) is -1.98. The van der Waals surface area contributed by atoms with Crippen molar-refractivity contribution < 1.29 is 8.42 Å². The Morgan fingerprint density at radius 3 is 2.67 bits per heavy atom. The van der Waals surface area contributed by atoms with Crippen LogP contribution in [-0.4, -0.2) is 23.2 Å². The van der Waals surface area contributed by atoms with Crippen LogP contribution in [0.15, 0.2) is 33.9 Å². The van der Waals surface area contributed by atoms with Crippen LogP contribution in [0.3, 0.4) is 0 Å². The predicted molar refractivity (Wildman–Crippen MR) is 70.7 cm³/mol. The molecule has 0 aliphatic carbocycles. The summed E-state index contributed by atoms with van der Waals surface area (Å²) in [6.45, 7) is 1.78. The van der Waals surface area contributed by atoms with Gasteiger partial charge in [0.15, 0.2) is 0 Å². The maximum absolute atomic E-state index is 12.0. The van der Waals surface area contributed by atoms with E-state index in [4.69, 9.17) is 0 Å². The van der Waals surface area contributed by atoms with Gasteiger partial charge in [0.05, 0.1) is 11.9 Å². The average molecular weight is 331 g/mol. The van der Waals surface area contributed by atoms with E-state index in [2.05, 4.69) is 30.7 Å². The summed E-state index contributed by atoms with van der Waals surface area (Å²) in [5.41, 5.74) is 0.710. The minimum Gasteiger partial charge on any atom is -0.274 e. The third kappa shape index (κ3) is 2.70. The smallest absolute Gasteiger partial charge is 0.266 e. The van der Waals surface area contributed by atoms with Crippen LogP contribution in [0.25, 0.3) is 0 Å². The van der Waals surface area contributed by atoms with Crippen LogP contribution in [0.2, 0.25) is 0 Å². The number of hydrogen-bond acceptors (Lipinski definition) is 4. The minimum absolute atomic E-state index is 0.104. The van der Waals surface area contributed by atoms with Crippen molar-refractivity contribution in [1.29, 1.82) is 0 Å². The summed E-state index contributed by atoms with van der Waals surface area (Å²) in [4.78, 5) is 4.23. The maximum Gasteiger partial charge on any atom is 0.266 e. The Bertz CT molecular complexity index is 681. The molecule has 0 radical (unpaired) electrons. The first-order chi connectivity index (χ1) is 8.38. The molecule has 2 aromatic rings. The summed E-state index contributed by atoms with van der Waals surface area (Å²) < 4.78 is 28.6. The van der Waals surface area contributed by atoms with E-state index in [0.717, 1.165) is 4.47 Å². The van der Waals surface area contributed by atoms with E-state index >= 15 is 0 Å². The van der Waals surface area contributed by atoms with Crippen molar-refractivity contribution in [3.05, 3.63) is 34.7 Å². The Labute approximate surface area is 113 Å². The molecule has 18 heavy (non-hydrogen) atoms. The van der Waals surface area contributed by atoms with Crippen LogP contribution in [0.5, 0.6) is 0 Å². The van der Waals surface area contributed by atoms with E-state index in [9.17, 15) is 8.42 Å². The second kappa shape index (κ2) is 4.69. The number of sulfonamides is 1. The summed E-state index contributed by atoms with van der Waals surface area (Å²) in [6.07, 6.45) is 2.71. The fourth-order valence-electron chi connectivity index (χ4n) is 1.34. The quantitative estimate of drug-likeness (QED) is 0.928. The van der Waals surface area contributed by atoms with Crippen molar-refractivity contribution in [3.63, 3.8) is 0 Å². The lowest BCUT2D eigenvalue weighted by atomic mass is 10.4. The van der Waals surface area contributed by atoms with Gasteiger partial charge in [-0.25, -0.2) is 13.4 Å². The second-order valence-corrected chi connectivity index (χ2v) is 6.26. The molecule has 2 aromatic heterocycles. The standard InChI is InChI=1S/C10H11BrN4O2S/c1-7-9(11)3-4-10(13-7)14-18(16,17)8-5-12-15(2)6-8/h3-6H,1-2H3,(H,13,14). The number of anilines is 1. The highest BCUT2D eigenvalue weighted by Crippen LogP contribution is 2.18. The zero-order valence-corrected chi connectivity index (χ0v) is 12.2. The Kier molecular flexibility index (Phi) is 3.40. The molecule has 0 amide bonds. The van der Waals surface area contributed by atoms with Gasteiger partial charge in [-0.2, -0.15) is 5.10 Å². The van der Waals surface area contributed by atoms with Crippen LogP contribution in [-0.2, 0) is 17.1 Å². The number of aromatic nitrogens is 3. The fourth-order valence-corrected chi connectivity index (χ4v) is 2.54. The van der Waals surface area contributed by atoms with E-state index in [1.165, 1.54) is 17.1 Å². The normalized spacial score (nSPS) is 11.5. The predicted octanol–water partition coefficient (Wildman–Crippen LogP) is 1.69. The van der Waals surface area contributed by atoms with Crippen LogP contribution >= 0.6 is 15.9 Å². The number of pyridine rings is 1. The lowest BCUT2D eigenvalue weighted by Crippen LogP contribution is -2.13. The molecule has 0 unspecified atom stereocenters. The third-order valence-corrected chi connectivity index (χ3v) is 4.40. The van der Waals surface area contributed by atoms with E-state index in [-0.39, 0.29) is 10.7 Å². The van der Waals surface area contributed by atoms with Gasteiger partial charge in [0.1, 0.15) is 10.7 Å². The van der Waals surface area contributed by atoms with Gasteiger partial charge in [0, 0.05) is 17.7 Å². The first-order valence-corrected chi connectivity index (χ1v) is 7.31. The van der Waals surface area contributed by atoms with Crippen LogP contribution in [0.1, 0.15) is 5.69 Å². The lowest BCUT2D eigenvalue weighted by Gasteiger charge is -2.06. The molecule has 0 atom stereocenters. The topological polar surface area (TPSA) is 76.9 Å². The fraction of sp³-hybridized carbons (Fsp3) is 0.200. The van der Waals surface area contributed by atoms with E-state index in [1.807, 2.05) is 0 Å². The van der Waals surface area contributed by atoms with Gasteiger partial charge in [0.2, 0.25) is 0 Å². The number of nitrogens with zero attached hydrogens (tertiary/aromatic N) is 3. The summed E-state index contributed by atoms with van der Waals surface area (Å²) in [6, 6.07) is 3.33. The molecular formula is C10H11BrN4O2S. The van der Waals surface area contributed by atoms with Crippen molar-refractivity contribution in [2.45, 2.75) is 11.8 Å². The molecule has 0 bridgehead atoms. The molecule has 0 saturated carbocycles. The molecule has 96 valence electrons. The SMILES string of the molecule is Cc1nc(NS(=O)(=O)c2cnn(C)c2)ccc1Br. The number of rotatable bonds is 3. The zero-order chi connectivity index (χ0) is 13.3. The Morgan fingerprint density at radius 2 is 2.11 bits per heavy atom.